The van der Waals surface area contributed by atoms with Gasteiger partial charge in [-0.3, -0.25) is 9.48 Å². The normalized spacial score (nSPS) is 26.7. The van der Waals surface area contributed by atoms with Crippen LogP contribution in [-0.2, 0) is 11.8 Å². The van der Waals surface area contributed by atoms with Crippen LogP contribution in [0.1, 0.15) is 61.3 Å². The lowest BCUT2D eigenvalue weighted by Crippen LogP contribution is -2.43. The highest BCUT2D eigenvalue weighted by molar-refractivity contribution is 5.81. The van der Waals surface area contributed by atoms with E-state index in [0.717, 1.165) is 24.3 Å². The number of nitrogens with two attached hydrogens (primary N) is 1. The number of hydrogen-bond donors (Lipinski definition) is 2. The van der Waals surface area contributed by atoms with E-state index in [1.54, 1.807) is 15.8 Å². The van der Waals surface area contributed by atoms with Crippen molar-refractivity contribution in [2.75, 3.05) is 13.1 Å². The van der Waals surface area contributed by atoms with Crippen LogP contribution in [-0.4, -0.2) is 39.7 Å². The number of hydrogen-bond acceptors (Lipinski definition) is 3. The summed E-state index contributed by atoms with van der Waals surface area (Å²) < 4.78 is 1.72. The van der Waals surface area contributed by atoms with Crippen LogP contribution in [0.25, 0.3) is 0 Å². The summed E-state index contributed by atoms with van der Waals surface area (Å²) >= 11 is 0. The summed E-state index contributed by atoms with van der Waals surface area (Å²) in [6.45, 7) is 5.22. The third-order valence-electron chi connectivity index (χ3n) is 7.46. The van der Waals surface area contributed by atoms with Gasteiger partial charge in [0.2, 0.25) is 5.91 Å². The number of aryl methyl sites for hydroxylation is 2. The van der Waals surface area contributed by atoms with Crippen LogP contribution in [0.2, 0.25) is 0 Å². The monoisotopic (exact) mass is 437 g/mol. The predicted molar refractivity (Wildman–Crippen MR) is 124 cm³/mol. The Hall–Kier alpha value is -2.83. The topological polar surface area (TPSA) is 93.2 Å². The summed E-state index contributed by atoms with van der Waals surface area (Å²) in [5.74, 6) is 0.261. The number of urea groups is 1. The van der Waals surface area contributed by atoms with E-state index in [1.165, 1.54) is 24.0 Å². The summed E-state index contributed by atoms with van der Waals surface area (Å²) in [5.41, 5.74) is 9.04. The zero-order chi connectivity index (χ0) is 22.8. The molecule has 2 aliphatic rings. The molecule has 172 valence electrons. The maximum Gasteiger partial charge on any atom is 0.317 e. The summed E-state index contributed by atoms with van der Waals surface area (Å²) in [6.07, 6.45) is 8.28. The number of carbonyl (C=O) groups is 2. The van der Waals surface area contributed by atoms with Crippen molar-refractivity contribution in [3.8, 4) is 0 Å². The first-order chi connectivity index (χ1) is 15.3. The van der Waals surface area contributed by atoms with Gasteiger partial charge >= 0.3 is 6.03 Å². The van der Waals surface area contributed by atoms with Gasteiger partial charge in [0.1, 0.15) is 0 Å². The molecule has 4 rings (SSSR count). The predicted octanol–water partition coefficient (Wildman–Crippen LogP) is 3.51. The quantitative estimate of drug-likeness (QED) is 0.750. The number of aromatic nitrogens is 2. The van der Waals surface area contributed by atoms with Gasteiger partial charge < -0.3 is 16.0 Å². The summed E-state index contributed by atoms with van der Waals surface area (Å²) in [5, 5.41) is 7.59. The fourth-order valence-corrected chi connectivity index (χ4v) is 5.46. The minimum Gasteiger partial charge on any atom is -0.369 e. The number of rotatable bonds is 5. The molecule has 3 atom stereocenters. The van der Waals surface area contributed by atoms with Crippen molar-refractivity contribution in [3.63, 3.8) is 0 Å². The van der Waals surface area contributed by atoms with Crippen molar-refractivity contribution in [2.24, 2.45) is 30.5 Å². The molecule has 7 heteroatoms. The number of carbonyl (C=O) groups excluding carboxylic acids is 2. The van der Waals surface area contributed by atoms with E-state index in [4.69, 9.17) is 5.73 Å². The van der Waals surface area contributed by atoms with Crippen molar-refractivity contribution < 1.29 is 9.59 Å². The van der Waals surface area contributed by atoms with Crippen LogP contribution in [0.3, 0.4) is 0 Å². The number of likely N-dealkylation sites (tertiary alicyclic amines) is 1. The fourth-order valence-electron chi connectivity index (χ4n) is 5.46. The number of amides is 3. The second-order valence-electron chi connectivity index (χ2n) is 9.77. The fraction of sp³-hybridized carbons (Fsp3) is 0.560. The molecule has 7 nitrogen and oxygen atoms in total. The molecule has 0 bridgehead atoms. The van der Waals surface area contributed by atoms with E-state index in [-0.39, 0.29) is 23.9 Å². The summed E-state index contributed by atoms with van der Waals surface area (Å²) in [4.78, 5) is 27.4. The standard InChI is InChI=1S/C25H35N5O2/c1-16-8-10-18(11-9-16)23(20-7-5-4-6-17(20)2)28-25(32)30-14-21(22(15-30)24(26)31)19-12-27-29(3)13-19/h4-7,12-13,16,18,21-23H,8-11,14-15H2,1-3H3,(H2,26,31)(H,28,32)/t16?,18?,21-,22+,23?/m1/s1. The molecule has 3 N–H and O–H groups in total. The Morgan fingerprint density at radius 2 is 1.88 bits per heavy atom. The molecule has 32 heavy (non-hydrogen) atoms. The van der Waals surface area contributed by atoms with Crippen LogP contribution >= 0.6 is 0 Å². The minimum atomic E-state index is -0.405. The number of primary amides is 1. The lowest BCUT2D eigenvalue weighted by atomic mass is 9.76. The van der Waals surface area contributed by atoms with Gasteiger partial charge in [-0.1, -0.05) is 44.0 Å². The largest absolute Gasteiger partial charge is 0.369 e. The van der Waals surface area contributed by atoms with E-state index in [1.807, 2.05) is 25.4 Å². The second-order valence-corrected chi connectivity index (χ2v) is 9.77. The van der Waals surface area contributed by atoms with Crippen LogP contribution < -0.4 is 11.1 Å². The third-order valence-corrected chi connectivity index (χ3v) is 7.46. The maximum atomic E-state index is 13.4. The van der Waals surface area contributed by atoms with Crippen LogP contribution in [0.5, 0.6) is 0 Å². The Balaban J connectivity index is 1.54. The Kier molecular flexibility index (Phi) is 6.53. The van der Waals surface area contributed by atoms with Crippen molar-refractivity contribution in [3.05, 3.63) is 53.3 Å². The number of nitrogens with one attached hydrogen (secondary N) is 1. The molecule has 3 amide bonds. The molecule has 2 aromatic rings. The van der Waals surface area contributed by atoms with Gasteiger partial charge in [0, 0.05) is 32.3 Å². The average Bonchev–Trinajstić information content (AvgIpc) is 3.40. The number of nitrogens with zero attached hydrogens (tertiary/aromatic N) is 3. The van der Waals surface area contributed by atoms with Crippen LogP contribution in [0, 0.1) is 24.7 Å². The molecule has 0 spiro atoms. The maximum absolute atomic E-state index is 13.4. The highest BCUT2D eigenvalue weighted by Gasteiger charge is 2.41. The molecule has 1 saturated heterocycles. The van der Waals surface area contributed by atoms with Crippen molar-refractivity contribution in [1.82, 2.24) is 20.0 Å². The van der Waals surface area contributed by atoms with E-state index in [2.05, 4.69) is 36.4 Å². The molecule has 1 saturated carbocycles. The van der Waals surface area contributed by atoms with E-state index in [9.17, 15) is 9.59 Å². The first-order valence-corrected chi connectivity index (χ1v) is 11.7. The smallest absolute Gasteiger partial charge is 0.317 e. The van der Waals surface area contributed by atoms with Gasteiger partial charge in [-0.05, 0) is 48.3 Å². The molecular formula is C25H35N5O2. The van der Waals surface area contributed by atoms with Gasteiger partial charge in [0.15, 0.2) is 0 Å². The minimum absolute atomic E-state index is 0.0272. The molecule has 1 aromatic heterocycles. The molecule has 2 heterocycles. The van der Waals surface area contributed by atoms with E-state index < -0.39 is 5.92 Å². The van der Waals surface area contributed by atoms with Gasteiger partial charge in [-0.25, -0.2) is 4.79 Å². The summed E-state index contributed by atoms with van der Waals surface area (Å²) in [6, 6.07) is 8.18. The molecule has 1 unspecified atom stereocenters. The lowest BCUT2D eigenvalue weighted by molar-refractivity contribution is -0.121. The molecule has 1 aliphatic heterocycles. The van der Waals surface area contributed by atoms with Gasteiger partial charge in [-0.2, -0.15) is 5.10 Å². The average molecular weight is 438 g/mol. The Morgan fingerprint density at radius 3 is 2.50 bits per heavy atom. The first kappa shape index (κ1) is 22.4. The van der Waals surface area contributed by atoms with Crippen LogP contribution in [0.15, 0.2) is 36.7 Å². The van der Waals surface area contributed by atoms with Crippen molar-refractivity contribution in [2.45, 2.75) is 51.5 Å². The molecular weight excluding hydrogens is 402 g/mol. The SMILES string of the molecule is Cc1ccccc1C(NC(=O)N1C[C@H](C(N)=O)[C@@H](c2cnn(C)c2)C1)C1CCC(C)CC1. The molecule has 1 aliphatic carbocycles. The Morgan fingerprint density at radius 1 is 1.16 bits per heavy atom. The summed E-state index contributed by atoms with van der Waals surface area (Å²) in [7, 11) is 1.85. The second kappa shape index (κ2) is 9.35. The Bertz CT molecular complexity index is 963. The third kappa shape index (κ3) is 4.66. The van der Waals surface area contributed by atoms with E-state index >= 15 is 0 Å². The molecule has 0 radical (unpaired) electrons. The van der Waals surface area contributed by atoms with Crippen molar-refractivity contribution >= 4 is 11.9 Å². The zero-order valence-electron chi connectivity index (χ0n) is 19.3. The first-order valence-electron chi connectivity index (χ1n) is 11.7. The number of benzene rings is 1. The van der Waals surface area contributed by atoms with Crippen molar-refractivity contribution in [1.29, 1.82) is 0 Å². The lowest BCUT2D eigenvalue weighted by Gasteiger charge is -2.35. The van der Waals surface area contributed by atoms with Gasteiger partial charge in [0.25, 0.3) is 0 Å². The highest BCUT2D eigenvalue weighted by Crippen LogP contribution is 2.38. The van der Waals surface area contributed by atoms with Gasteiger partial charge in [-0.15, -0.1) is 0 Å². The highest BCUT2D eigenvalue weighted by atomic mass is 16.2. The van der Waals surface area contributed by atoms with Gasteiger partial charge in [0.05, 0.1) is 18.2 Å². The molecule has 1 aromatic carbocycles. The Labute approximate surface area is 190 Å². The van der Waals surface area contributed by atoms with E-state index in [0.29, 0.717) is 19.0 Å². The molecule has 2 fully saturated rings. The zero-order valence-corrected chi connectivity index (χ0v) is 19.3. The van der Waals surface area contributed by atoms with Crippen LogP contribution in [0.4, 0.5) is 4.79 Å².